The van der Waals surface area contributed by atoms with Crippen molar-refractivity contribution in [3.8, 4) is 0 Å². The Labute approximate surface area is 153 Å². The van der Waals surface area contributed by atoms with Crippen molar-refractivity contribution in [3.05, 3.63) is 70.7 Å². The highest BCUT2D eigenvalue weighted by Crippen LogP contribution is 2.37. The van der Waals surface area contributed by atoms with E-state index < -0.39 is 0 Å². The number of piperidine rings is 3. The van der Waals surface area contributed by atoms with Gasteiger partial charge in [0.1, 0.15) is 13.1 Å². The Morgan fingerprint density at radius 3 is 2.40 bits per heavy atom. The molecule has 1 atom stereocenters. The molecule has 0 amide bonds. The van der Waals surface area contributed by atoms with Gasteiger partial charge >= 0.3 is 5.97 Å². The van der Waals surface area contributed by atoms with Crippen LogP contribution in [0.1, 0.15) is 28.8 Å². The van der Waals surface area contributed by atoms with E-state index in [1.165, 1.54) is 18.7 Å². The van der Waals surface area contributed by atoms with Crippen molar-refractivity contribution < 1.29 is 14.0 Å². The van der Waals surface area contributed by atoms with Gasteiger partial charge in [-0.05, 0) is 24.3 Å². The normalized spacial score (nSPS) is 27.9. The van der Waals surface area contributed by atoms with Crippen LogP contribution >= 0.6 is 11.6 Å². The maximum absolute atomic E-state index is 12.4. The van der Waals surface area contributed by atoms with Crippen LogP contribution in [0.3, 0.4) is 0 Å². The number of rotatable bonds is 4. The summed E-state index contributed by atoms with van der Waals surface area (Å²) in [5.41, 5.74) is 1.95. The highest BCUT2D eigenvalue weighted by atomic mass is 35.5. The largest absolute Gasteiger partial charge is 0.452 e. The van der Waals surface area contributed by atoms with Crippen molar-refractivity contribution in [3.63, 3.8) is 0 Å². The van der Waals surface area contributed by atoms with Gasteiger partial charge in [-0.1, -0.05) is 41.9 Å². The minimum Gasteiger partial charge on any atom is -0.452 e. The van der Waals surface area contributed by atoms with Crippen LogP contribution in [0.25, 0.3) is 0 Å². The van der Waals surface area contributed by atoms with Crippen molar-refractivity contribution in [1.82, 2.24) is 0 Å². The monoisotopic (exact) mass is 356 g/mol. The lowest BCUT2D eigenvalue weighted by atomic mass is 9.83. The van der Waals surface area contributed by atoms with E-state index in [2.05, 4.69) is 12.1 Å². The van der Waals surface area contributed by atoms with Crippen LogP contribution in [0, 0.1) is 5.92 Å². The van der Waals surface area contributed by atoms with Gasteiger partial charge in [-0.3, -0.25) is 0 Å². The summed E-state index contributed by atoms with van der Waals surface area (Å²) in [5, 5.41) is 0.774. The molecule has 25 heavy (non-hydrogen) atoms. The number of benzene rings is 2. The molecule has 0 radical (unpaired) electrons. The van der Waals surface area contributed by atoms with Gasteiger partial charge in [0, 0.05) is 29.3 Å². The standard InChI is InChI=1S/C21H23ClNO2/c22-19-8-6-16(7-9-19)14-23-12-10-17(11-13-23)20(15-23)25-21(24)18-4-2-1-3-5-18/h1-9,17,20H,10-15H2/q+1/t17?,20-,23?/m0/s1. The number of halogens is 1. The summed E-state index contributed by atoms with van der Waals surface area (Å²) in [6.07, 6.45) is 2.31. The topological polar surface area (TPSA) is 26.3 Å². The zero-order chi connectivity index (χ0) is 17.3. The average Bonchev–Trinajstić information content (AvgIpc) is 2.65. The molecule has 2 aromatic carbocycles. The van der Waals surface area contributed by atoms with E-state index in [4.69, 9.17) is 16.3 Å². The molecule has 0 N–H and O–H groups in total. The quantitative estimate of drug-likeness (QED) is 0.603. The minimum absolute atomic E-state index is 0.0301. The summed E-state index contributed by atoms with van der Waals surface area (Å²) in [5.74, 6) is 0.321. The van der Waals surface area contributed by atoms with Crippen LogP contribution in [0.2, 0.25) is 5.02 Å². The number of carbonyl (C=O) groups excluding carboxylic acids is 1. The van der Waals surface area contributed by atoms with Gasteiger partial charge in [0.05, 0.1) is 18.7 Å². The van der Waals surface area contributed by atoms with Crippen LogP contribution in [-0.4, -0.2) is 36.2 Å². The maximum atomic E-state index is 12.4. The van der Waals surface area contributed by atoms with Gasteiger partial charge in [0.2, 0.25) is 0 Å². The third kappa shape index (κ3) is 3.58. The first-order chi connectivity index (χ1) is 12.1. The minimum atomic E-state index is -0.191. The van der Waals surface area contributed by atoms with Crippen LogP contribution in [-0.2, 0) is 11.3 Å². The highest BCUT2D eigenvalue weighted by Gasteiger charge is 2.47. The Balaban J connectivity index is 1.46. The maximum Gasteiger partial charge on any atom is 0.338 e. The van der Waals surface area contributed by atoms with E-state index in [1.54, 1.807) is 0 Å². The van der Waals surface area contributed by atoms with E-state index in [-0.39, 0.29) is 12.1 Å². The lowest BCUT2D eigenvalue weighted by molar-refractivity contribution is -0.958. The lowest BCUT2D eigenvalue weighted by Crippen LogP contribution is -2.63. The second-order valence-electron chi connectivity index (χ2n) is 7.40. The predicted octanol–water partition coefficient (Wildman–Crippen LogP) is 4.31. The highest BCUT2D eigenvalue weighted by molar-refractivity contribution is 6.30. The van der Waals surface area contributed by atoms with Gasteiger partial charge in [0.25, 0.3) is 0 Å². The van der Waals surface area contributed by atoms with E-state index in [0.29, 0.717) is 11.5 Å². The van der Waals surface area contributed by atoms with Gasteiger partial charge in [0.15, 0.2) is 6.10 Å². The van der Waals surface area contributed by atoms with Crippen LogP contribution in [0.4, 0.5) is 0 Å². The molecule has 2 bridgehead atoms. The van der Waals surface area contributed by atoms with Crippen molar-refractivity contribution in [2.24, 2.45) is 5.92 Å². The van der Waals surface area contributed by atoms with Crippen LogP contribution < -0.4 is 0 Å². The molecule has 3 saturated heterocycles. The van der Waals surface area contributed by atoms with Crippen molar-refractivity contribution in [1.29, 1.82) is 0 Å². The first kappa shape index (κ1) is 16.6. The van der Waals surface area contributed by atoms with Gasteiger partial charge < -0.3 is 9.22 Å². The van der Waals surface area contributed by atoms with Crippen LogP contribution in [0.15, 0.2) is 54.6 Å². The first-order valence-electron chi connectivity index (χ1n) is 8.99. The number of nitrogens with zero attached hydrogens (tertiary/aromatic N) is 1. The fourth-order valence-electron chi connectivity index (χ4n) is 4.33. The molecular weight excluding hydrogens is 334 g/mol. The molecule has 3 nitrogen and oxygen atoms in total. The number of carbonyl (C=O) groups is 1. The first-order valence-corrected chi connectivity index (χ1v) is 9.37. The third-order valence-corrected chi connectivity index (χ3v) is 5.99. The molecule has 130 valence electrons. The molecule has 0 aromatic heterocycles. The molecule has 0 aliphatic carbocycles. The van der Waals surface area contributed by atoms with Gasteiger partial charge in [-0.25, -0.2) is 4.79 Å². The molecule has 5 rings (SSSR count). The lowest BCUT2D eigenvalue weighted by Gasteiger charge is -2.52. The number of quaternary nitrogens is 1. The second kappa shape index (κ2) is 6.81. The Morgan fingerprint density at radius 2 is 1.72 bits per heavy atom. The summed E-state index contributed by atoms with van der Waals surface area (Å²) < 4.78 is 6.94. The Kier molecular flexibility index (Phi) is 4.53. The zero-order valence-corrected chi connectivity index (χ0v) is 15.0. The molecule has 3 fully saturated rings. The summed E-state index contributed by atoms with van der Waals surface area (Å²) in [6, 6.07) is 17.4. The Hall–Kier alpha value is -1.84. The van der Waals surface area contributed by atoms with Crippen LogP contribution in [0.5, 0.6) is 0 Å². The summed E-state index contributed by atoms with van der Waals surface area (Å²) in [4.78, 5) is 12.4. The van der Waals surface area contributed by atoms with Crippen molar-refractivity contribution >= 4 is 17.6 Å². The molecular formula is C21H23ClNO2+. The molecule has 0 unspecified atom stereocenters. The number of esters is 1. The molecule has 3 aliphatic heterocycles. The summed E-state index contributed by atoms with van der Waals surface area (Å²) in [7, 11) is 0. The molecule has 0 spiro atoms. The molecule has 2 aromatic rings. The van der Waals surface area contributed by atoms with Crippen molar-refractivity contribution in [2.45, 2.75) is 25.5 Å². The predicted molar refractivity (Wildman–Crippen MR) is 98.4 cm³/mol. The Morgan fingerprint density at radius 1 is 1.04 bits per heavy atom. The number of hydrogen-bond donors (Lipinski definition) is 0. The van der Waals surface area contributed by atoms with E-state index >= 15 is 0 Å². The smallest absolute Gasteiger partial charge is 0.338 e. The Bertz CT molecular complexity index is 736. The molecule has 3 aliphatic rings. The average molecular weight is 357 g/mol. The van der Waals surface area contributed by atoms with Crippen molar-refractivity contribution in [2.75, 3.05) is 19.6 Å². The van der Waals surface area contributed by atoms with E-state index in [9.17, 15) is 4.79 Å². The molecule has 3 heterocycles. The molecule has 0 saturated carbocycles. The summed E-state index contributed by atoms with van der Waals surface area (Å²) >= 11 is 6.01. The number of hydrogen-bond acceptors (Lipinski definition) is 2. The van der Waals surface area contributed by atoms with Gasteiger partial charge in [-0.15, -0.1) is 0 Å². The van der Waals surface area contributed by atoms with Gasteiger partial charge in [-0.2, -0.15) is 0 Å². The fraction of sp³-hybridized carbons (Fsp3) is 0.381. The third-order valence-electron chi connectivity index (χ3n) is 5.74. The fourth-order valence-corrected chi connectivity index (χ4v) is 4.46. The van der Waals surface area contributed by atoms with E-state index in [0.717, 1.165) is 35.4 Å². The number of ether oxygens (including phenoxy) is 1. The number of fused-ring (bicyclic) bond motifs is 3. The second-order valence-corrected chi connectivity index (χ2v) is 7.84. The summed E-state index contributed by atoms with van der Waals surface area (Å²) in [6.45, 7) is 4.26. The zero-order valence-electron chi connectivity index (χ0n) is 14.2. The SMILES string of the molecule is O=C(O[C@H]1C[N+]2(Cc3ccc(Cl)cc3)CCC1CC2)c1ccccc1. The molecule has 4 heteroatoms. The van der Waals surface area contributed by atoms with E-state index in [1.807, 2.05) is 42.5 Å².